The summed E-state index contributed by atoms with van der Waals surface area (Å²) in [5, 5.41) is 7.03. The Balaban J connectivity index is 1.38. The van der Waals surface area contributed by atoms with Crippen LogP contribution in [-0.4, -0.2) is 15.1 Å². The van der Waals surface area contributed by atoms with E-state index in [1.807, 2.05) is 29.6 Å². The van der Waals surface area contributed by atoms with E-state index >= 15 is 0 Å². The van der Waals surface area contributed by atoms with Gasteiger partial charge < -0.3 is 13.7 Å². The number of halogens is 2. The van der Waals surface area contributed by atoms with Crippen molar-refractivity contribution in [3.63, 3.8) is 0 Å². The minimum atomic E-state index is 0.288. The first-order valence-electron chi connectivity index (χ1n) is 8.71. The van der Waals surface area contributed by atoms with Gasteiger partial charge in [-0.3, -0.25) is 0 Å². The van der Waals surface area contributed by atoms with Crippen molar-refractivity contribution in [2.45, 2.75) is 0 Å². The number of hydrogen-bond donors (Lipinski definition) is 0. The molecule has 0 unspecified atom stereocenters. The van der Waals surface area contributed by atoms with Crippen LogP contribution in [-0.2, 0) is 0 Å². The van der Waals surface area contributed by atoms with Gasteiger partial charge in [0.1, 0.15) is 11.5 Å². The number of ether oxygens (including phenoxy) is 1. The third-order valence-corrected chi connectivity index (χ3v) is 5.43. The maximum atomic E-state index is 6.01. The van der Waals surface area contributed by atoms with Gasteiger partial charge in [-0.05, 0) is 53.9 Å². The van der Waals surface area contributed by atoms with Gasteiger partial charge in [0.15, 0.2) is 17.8 Å². The number of hydrogen-bond acceptors (Lipinski definition) is 7. The Hall–Kier alpha value is -3.13. The Kier molecular flexibility index (Phi) is 5.00. The normalized spacial score (nSPS) is 11.0. The van der Waals surface area contributed by atoms with Crippen LogP contribution in [0.5, 0.6) is 11.5 Å². The summed E-state index contributed by atoms with van der Waals surface area (Å²) in [7, 11) is 0. The molecule has 148 valence electrons. The van der Waals surface area contributed by atoms with Crippen LogP contribution in [0.15, 0.2) is 75.3 Å². The van der Waals surface area contributed by atoms with Gasteiger partial charge in [0.25, 0.3) is 5.89 Å². The molecule has 9 heteroatoms. The molecule has 3 aromatic heterocycles. The molecule has 30 heavy (non-hydrogen) atoms. The van der Waals surface area contributed by atoms with Gasteiger partial charge in [0, 0.05) is 15.6 Å². The molecule has 0 aliphatic heterocycles. The number of thiophene rings is 1. The van der Waals surface area contributed by atoms with Gasteiger partial charge in [-0.25, -0.2) is 4.98 Å². The fraction of sp³-hybridized carbons (Fsp3) is 0. The Labute approximate surface area is 184 Å². The summed E-state index contributed by atoms with van der Waals surface area (Å²) in [5.74, 6) is 2.49. The summed E-state index contributed by atoms with van der Waals surface area (Å²) in [6.07, 6.45) is 1.36. The first-order valence-corrected chi connectivity index (χ1v) is 10.3. The molecular formula is C21H11Cl2N3O3S. The highest BCUT2D eigenvalue weighted by molar-refractivity contribution is 7.13. The second-order valence-corrected chi connectivity index (χ2v) is 7.98. The Bertz CT molecular complexity index is 1280. The van der Waals surface area contributed by atoms with Crippen molar-refractivity contribution in [3.8, 4) is 45.1 Å². The molecule has 0 radical (unpaired) electrons. The third-order valence-electron chi connectivity index (χ3n) is 4.13. The average Bonchev–Trinajstić information content (AvgIpc) is 3.47. The first-order chi connectivity index (χ1) is 14.7. The number of aromatic nitrogens is 3. The summed E-state index contributed by atoms with van der Waals surface area (Å²) >= 11 is 13.6. The van der Waals surface area contributed by atoms with Gasteiger partial charge in [0.2, 0.25) is 5.82 Å². The van der Waals surface area contributed by atoms with E-state index in [4.69, 9.17) is 36.9 Å². The molecule has 0 saturated heterocycles. The monoisotopic (exact) mass is 455 g/mol. The molecule has 0 N–H and O–H groups in total. The molecule has 0 spiro atoms. The predicted octanol–water partition coefficient (Wildman–Crippen LogP) is 7.22. The lowest BCUT2D eigenvalue weighted by molar-refractivity contribution is 0.431. The zero-order chi connectivity index (χ0) is 20.5. The molecule has 0 amide bonds. The second-order valence-electron chi connectivity index (χ2n) is 6.16. The molecule has 5 rings (SSSR count). The lowest BCUT2D eigenvalue weighted by Gasteiger charge is -2.07. The first kappa shape index (κ1) is 18.9. The quantitative estimate of drug-likeness (QED) is 0.278. The topological polar surface area (TPSA) is 74.2 Å². The van der Waals surface area contributed by atoms with Gasteiger partial charge in [-0.1, -0.05) is 34.4 Å². The molecule has 5 aromatic rings. The summed E-state index contributed by atoms with van der Waals surface area (Å²) in [4.78, 5) is 9.62. The highest BCUT2D eigenvalue weighted by Gasteiger charge is 2.20. The summed E-state index contributed by atoms with van der Waals surface area (Å²) in [5.41, 5.74) is 1.27. The van der Waals surface area contributed by atoms with Crippen LogP contribution in [0.4, 0.5) is 0 Å². The van der Waals surface area contributed by atoms with Crippen molar-refractivity contribution in [1.82, 2.24) is 15.1 Å². The Morgan fingerprint density at radius 3 is 2.47 bits per heavy atom. The molecule has 0 fully saturated rings. The molecular weight excluding hydrogens is 445 g/mol. The lowest BCUT2D eigenvalue weighted by Crippen LogP contribution is -1.86. The highest BCUT2D eigenvalue weighted by atomic mass is 35.5. The maximum Gasteiger partial charge on any atom is 0.280 e. The minimum absolute atomic E-state index is 0.288. The van der Waals surface area contributed by atoms with E-state index in [0.29, 0.717) is 38.8 Å². The highest BCUT2D eigenvalue weighted by Crippen LogP contribution is 2.34. The van der Waals surface area contributed by atoms with Crippen molar-refractivity contribution >= 4 is 34.5 Å². The second kappa shape index (κ2) is 7.95. The zero-order valence-corrected chi connectivity index (χ0v) is 17.4. The number of rotatable bonds is 5. The molecule has 3 heterocycles. The van der Waals surface area contributed by atoms with E-state index in [0.717, 1.165) is 10.4 Å². The molecule has 0 atom stereocenters. The average molecular weight is 456 g/mol. The van der Waals surface area contributed by atoms with Crippen LogP contribution in [0.3, 0.4) is 0 Å². The van der Waals surface area contributed by atoms with Crippen LogP contribution < -0.4 is 4.74 Å². The van der Waals surface area contributed by atoms with Crippen LogP contribution in [0.25, 0.3) is 33.6 Å². The maximum absolute atomic E-state index is 6.01. The van der Waals surface area contributed by atoms with Crippen molar-refractivity contribution in [2.24, 2.45) is 0 Å². The van der Waals surface area contributed by atoms with Crippen molar-refractivity contribution in [1.29, 1.82) is 0 Å². The van der Waals surface area contributed by atoms with E-state index in [-0.39, 0.29) is 5.89 Å². The number of nitrogens with zero attached hydrogens (tertiary/aromatic N) is 3. The largest absolute Gasteiger partial charge is 0.457 e. The van der Waals surface area contributed by atoms with Gasteiger partial charge in [-0.2, -0.15) is 4.98 Å². The fourth-order valence-electron chi connectivity index (χ4n) is 2.81. The van der Waals surface area contributed by atoms with Crippen LogP contribution in [0.2, 0.25) is 10.0 Å². The molecule has 2 aromatic carbocycles. The summed E-state index contributed by atoms with van der Waals surface area (Å²) in [6, 6.07) is 16.2. The van der Waals surface area contributed by atoms with E-state index in [9.17, 15) is 0 Å². The van der Waals surface area contributed by atoms with E-state index in [1.54, 1.807) is 41.7 Å². The van der Waals surface area contributed by atoms with Gasteiger partial charge in [0.05, 0.1) is 4.88 Å². The molecule has 0 saturated carbocycles. The van der Waals surface area contributed by atoms with Crippen LogP contribution >= 0.6 is 34.5 Å². The van der Waals surface area contributed by atoms with E-state index in [2.05, 4.69) is 15.1 Å². The number of benzene rings is 2. The van der Waals surface area contributed by atoms with Crippen LogP contribution in [0.1, 0.15) is 0 Å². The van der Waals surface area contributed by atoms with E-state index < -0.39 is 0 Å². The van der Waals surface area contributed by atoms with Crippen molar-refractivity contribution in [2.75, 3.05) is 0 Å². The molecule has 0 aliphatic carbocycles. The lowest BCUT2D eigenvalue weighted by atomic mass is 10.2. The predicted molar refractivity (Wildman–Crippen MR) is 115 cm³/mol. The minimum Gasteiger partial charge on any atom is -0.457 e. The smallest absolute Gasteiger partial charge is 0.280 e. The molecule has 0 aliphatic rings. The molecule has 6 nitrogen and oxygen atoms in total. The standard InChI is InChI=1S/C21H11Cl2N3O3S/c22-13-8-14(23)10-16(9-13)28-15-5-3-12(4-6-15)20-25-21(29-26-20)18-19(27-11-24-18)17-2-1-7-30-17/h1-11H. The Morgan fingerprint density at radius 2 is 1.73 bits per heavy atom. The Morgan fingerprint density at radius 1 is 0.933 bits per heavy atom. The SMILES string of the molecule is Clc1cc(Cl)cc(Oc2ccc(-c3noc(-c4ncoc4-c4cccs4)n3)cc2)c1. The van der Waals surface area contributed by atoms with Crippen molar-refractivity contribution in [3.05, 3.63) is 76.4 Å². The van der Waals surface area contributed by atoms with E-state index in [1.165, 1.54) is 6.39 Å². The van der Waals surface area contributed by atoms with Gasteiger partial charge in [-0.15, -0.1) is 11.3 Å². The summed E-state index contributed by atoms with van der Waals surface area (Å²) in [6.45, 7) is 0. The fourth-order valence-corrected chi connectivity index (χ4v) is 4.03. The van der Waals surface area contributed by atoms with Crippen LogP contribution in [0, 0.1) is 0 Å². The molecule has 0 bridgehead atoms. The third kappa shape index (κ3) is 3.82. The number of oxazole rings is 1. The summed E-state index contributed by atoms with van der Waals surface area (Å²) < 4.78 is 16.7. The van der Waals surface area contributed by atoms with Gasteiger partial charge >= 0.3 is 0 Å². The van der Waals surface area contributed by atoms with Crippen molar-refractivity contribution < 1.29 is 13.7 Å². The zero-order valence-electron chi connectivity index (χ0n) is 15.1.